The lowest BCUT2D eigenvalue weighted by Crippen LogP contribution is -2.18. The fourth-order valence-corrected chi connectivity index (χ4v) is 2.55. The van der Waals surface area contributed by atoms with Crippen LogP contribution in [0, 0.1) is 0 Å². The van der Waals surface area contributed by atoms with Crippen molar-refractivity contribution in [3.05, 3.63) is 65.9 Å². The van der Waals surface area contributed by atoms with Crippen LogP contribution < -0.4 is 0 Å². The number of para-hydroxylation sites is 1. The molecule has 2 aromatic carbocycles. The van der Waals surface area contributed by atoms with Gasteiger partial charge in [0.05, 0.1) is 0 Å². The Morgan fingerprint density at radius 3 is 2.70 bits per heavy atom. The predicted molar refractivity (Wildman–Crippen MR) is 92.2 cm³/mol. The van der Waals surface area contributed by atoms with Crippen LogP contribution in [0.3, 0.4) is 0 Å². The number of ketones is 1. The van der Waals surface area contributed by atoms with Crippen LogP contribution in [0.4, 0.5) is 0 Å². The van der Waals surface area contributed by atoms with E-state index in [1.165, 1.54) is 0 Å². The summed E-state index contributed by atoms with van der Waals surface area (Å²) in [7, 11) is 0. The number of aromatic amines is 1. The fourth-order valence-electron chi connectivity index (χ4n) is 2.55. The van der Waals surface area contributed by atoms with Gasteiger partial charge in [-0.2, -0.15) is 0 Å². The van der Waals surface area contributed by atoms with Gasteiger partial charge in [0.25, 0.3) is 0 Å². The number of carbonyl (C=O) groups excluding carboxylic acids is 1. The van der Waals surface area contributed by atoms with E-state index in [9.17, 15) is 9.90 Å². The minimum atomic E-state index is -0.414. The van der Waals surface area contributed by atoms with Crippen LogP contribution in [-0.4, -0.2) is 28.1 Å². The van der Waals surface area contributed by atoms with E-state index < -0.39 is 6.04 Å². The van der Waals surface area contributed by atoms with E-state index in [1.54, 1.807) is 37.4 Å². The molecule has 2 N–H and O–H groups in total. The second-order valence-electron chi connectivity index (χ2n) is 5.56. The third-order valence-corrected chi connectivity index (χ3v) is 3.85. The smallest absolute Gasteiger partial charge is 0.154 e. The van der Waals surface area contributed by atoms with Crippen LogP contribution in [0.2, 0.25) is 0 Å². The SMILES string of the molecule is CC(=O)[C@@H](Cc1c[nH]c2ccccc12)N=Cc1ccc(O)cc1. The van der Waals surface area contributed by atoms with E-state index in [2.05, 4.69) is 9.98 Å². The first-order valence-corrected chi connectivity index (χ1v) is 7.51. The first kappa shape index (κ1) is 15.0. The number of aliphatic imine (C=N–C) groups is 1. The molecule has 0 fully saturated rings. The second-order valence-corrected chi connectivity index (χ2v) is 5.56. The van der Waals surface area contributed by atoms with Crippen molar-refractivity contribution in [3.63, 3.8) is 0 Å². The fraction of sp³-hybridized carbons (Fsp3) is 0.158. The molecule has 1 atom stereocenters. The zero-order valence-corrected chi connectivity index (χ0v) is 12.9. The molecule has 0 unspecified atom stereocenters. The Labute approximate surface area is 134 Å². The van der Waals surface area contributed by atoms with Crippen LogP contribution in [0.1, 0.15) is 18.1 Å². The van der Waals surface area contributed by atoms with Gasteiger partial charge in [0.1, 0.15) is 11.8 Å². The summed E-state index contributed by atoms with van der Waals surface area (Å²) in [5.41, 5.74) is 3.00. The maximum absolute atomic E-state index is 11.9. The van der Waals surface area contributed by atoms with E-state index in [0.29, 0.717) is 6.42 Å². The molecule has 3 rings (SSSR count). The molecule has 0 spiro atoms. The number of fused-ring (bicyclic) bond motifs is 1. The number of hydrogen-bond donors (Lipinski definition) is 2. The summed E-state index contributed by atoms with van der Waals surface area (Å²) in [5, 5.41) is 10.4. The number of phenols is 1. The van der Waals surface area contributed by atoms with Gasteiger partial charge in [-0.15, -0.1) is 0 Å². The molecule has 0 saturated heterocycles. The summed E-state index contributed by atoms with van der Waals surface area (Å²) in [6.07, 6.45) is 4.19. The summed E-state index contributed by atoms with van der Waals surface area (Å²) in [5.74, 6) is 0.245. The van der Waals surface area contributed by atoms with Gasteiger partial charge in [-0.1, -0.05) is 18.2 Å². The summed E-state index contributed by atoms with van der Waals surface area (Å²) in [6, 6.07) is 14.3. The number of hydrogen-bond acceptors (Lipinski definition) is 3. The number of nitrogens with one attached hydrogen (secondary N) is 1. The minimum Gasteiger partial charge on any atom is -0.508 e. The molecule has 23 heavy (non-hydrogen) atoms. The standard InChI is InChI=1S/C19H18N2O2/c1-13(22)19(20-11-14-6-8-16(23)9-7-14)10-15-12-21-18-5-3-2-4-17(15)18/h2-9,11-12,19,21,23H,10H2,1H3/t19-/m1/s1. The van der Waals surface area contributed by atoms with Crippen molar-refractivity contribution in [2.45, 2.75) is 19.4 Å². The van der Waals surface area contributed by atoms with E-state index in [1.807, 2.05) is 30.5 Å². The summed E-state index contributed by atoms with van der Waals surface area (Å²) >= 11 is 0. The lowest BCUT2D eigenvalue weighted by molar-refractivity contribution is -0.118. The summed E-state index contributed by atoms with van der Waals surface area (Å²) in [6.45, 7) is 1.56. The maximum Gasteiger partial charge on any atom is 0.154 e. The number of aromatic nitrogens is 1. The van der Waals surface area contributed by atoms with Crippen molar-refractivity contribution in [1.29, 1.82) is 0 Å². The van der Waals surface area contributed by atoms with Crippen molar-refractivity contribution >= 4 is 22.9 Å². The van der Waals surface area contributed by atoms with Crippen LogP contribution in [0.15, 0.2) is 59.7 Å². The molecule has 0 radical (unpaired) electrons. The van der Waals surface area contributed by atoms with Crippen molar-refractivity contribution in [2.24, 2.45) is 4.99 Å². The second kappa shape index (κ2) is 6.48. The van der Waals surface area contributed by atoms with Crippen molar-refractivity contribution in [3.8, 4) is 5.75 Å². The van der Waals surface area contributed by atoms with Crippen LogP contribution >= 0.6 is 0 Å². The average molecular weight is 306 g/mol. The number of rotatable bonds is 5. The number of phenolic OH excluding ortho intramolecular Hbond substituents is 1. The molecule has 0 aliphatic rings. The quantitative estimate of drug-likeness (QED) is 0.709. The Kier molecular flexibility index (Phi) is 4.24. The van der Waals surface area contributed by atoms with Crippen LogP contribution in [0.25, 0.3) is 10.9 Å². The molecule has 0 aliphatic heterocycles. The number of benzene rings is 2. The van der Waals surface area contributed by atoms with Gasteiger partial charge in [-0.25, -0.2) is 0 Å². The Hall–Kier alpha value is -2.88. The number of H-pyrrole nitrogens is 1. The van der Waals surface area contributed by atoms with Gasteiger partial charge in [0, 0.05) is 29.7 Å². The summed E-state index contributed by atoms with van der Waals surface area (Å²) < 4.78 is 0. The third kappa shape index (κ3) is 3.48. The first-order valence-electron chi connectivity index (χ1n) is 7.51. The lowest BCUT2D eigenvalue weighted by Gasteiger charge is -2.08. The van der Waals surface area contributed by atoms with E-state index >= 15 is 0 Å². The Morgan fingerprint density at radius 1 is 1.22 bits per heavy atom. The highest BCUT2D eigenvalue weighted by atomic mass is 16.3. The molecule has 0 amide bonds. The summed E-state index contributed by atoms with van der Waals surface area (Å²) in [4.78, 5) is 19.6. The van der Waals surface area contributed by atoms with Crippen LogP contribution in [0.5, 0.6) is 5.75 Å². The third-order valence-electron chi connectivity index (χ3n) is 3.85. The molecule has 1 heterocycles. The number of nitrogens with zero attached hydrogens (tertiary/aromatic N) is 1. The minimum absolute atomic E-state index is 0.0327. The van der Waals surface area contributed by atoms with Gasteiger partial charge in [-0.3, -0.25) is 9.79 Å². The lowest BCUT2D eigenvalue weighted by atomic mass is 10.0. The number of carbonyl (C=O) groups is 1. The zero-order valence-electron chi connectivity index (χ0n) is 12.9. The largest absolute Gasteiger partial charge is 0.508 e. The van der Waals surface area contributed by atoms with E-state index in [-0.39, 0.29) is 11.5 Å². The highest BCUT2D eigenvalue weighted by molar-refractivity contribution is 5.88. The maximum atomic E-state index is 11.9. The molecule has 0 bridgehead atoms. The van der Waals surface area contributed by atoms with Crippen LogP contribution in [-0.2, 0) is 11.2 Å². The van der Waals surface area contributed by atoms with Gasteiger partial charge < -0.3 is 10.1 Å². The van der Waals surface area contributed by atoms with Crippen molar-refractivity contribution < 1.29 is 9.90 Å². The predicted octanol–water partition coefficient (Wildman–Crippen LogP) is 3.49. The van der Waals surface area contributed by atoms with Crippen molar-refractivity contribution in [1.82, 2.24) is 4.98 Å². The topological polar surface area (TPSA) is 65.5 Å². The number of aromatic hydroxyl groups is 1. The molecule has 1 aromatic heterocycles. The molecular weight excluding hydrogens is 288 g/mol. The first-order chi connectivity index (χ1) is 11.1. The highest BCUT2D eigenvalue weighted by Gasteiger charge is 2.15. The molecule has 116 valence electrons. The highest BCUT2D eigenvalue weighted by Crippen LogP contribution is 2.20. The van der Waals surface area contributed by atoms with Gasteiger partial charge in [-0.05, 0) is 48.4 Å². The van der Waals surface area contributed by atoms with Gasteiger partial charge >= 0.3 is 0 Å². The van der Waals surface area contributed by atoms with Crippen molar-refractivity contribution in [2.75, 3.05) is 0 Å². The Bertz CT molecular complexity index is 847. The average Bonchev–Trinajstić information content (AvgIpc) is 2.96. The molecule has 4 heteroatoms. The Balaban J connectivity index is 1.82. The van der Waals surface area contributed by atoms with Gasteiger partial charge in [0.15, 0.2) is 5.78 Å². The molecule has 3 aromatic rings. The molecule has 0 saturated carbocycles. The Morgan fingerprint density at radius 2 is 1.96 bits per heavy atom. The van der Waals surface area contributed by atoms with E-state index in [0.717, 1.165) is 22.0 Å². The zero-order chi connectivity index (χ0) is 16.2. The molecule has 4 nitrogen and oxygen atoms in total. The van der Waals surface area contributed by atoms with Gasteiger partial charge in [0.2, 0.25) is 0 Å². The monoisotopic (exact) mass is 306 g/mol. The molecule has 0 aliphatic carbocycles. The normalized spacial score (nSPS) is 12.7. The van der Waals surface area contributed by atoms with E-state index in [4.69, 9.17) is 0 Å². The number of Topliss-reactive ketones (excluding diaryl/α,β-unsaturated/α-hetero) is 1. The molecular formula is C19H18N2O2.